The summed E-state index contributed by atoms with van der Waals surface area (Å²) in [4.78, 5) is 0.291. The van der Waals surface area contributed by atoms with Crippen molar-refractivity contribution >= 4 is 32.9 Å². The average molecular weight is 286 g/mol. The van der Waals surface area contributed by atoms with Gasteiger partial charge in [-0.3, -0.25) is 4.72 Å². The van der Waals surface area contributed by atoms with Crippen LogP contribution in [0.15, 0.2) is 24.3 Å². The van der Waals surface area contributed by atoms with Crippen molar-refractivity contribution in [3.8, 4) is 0 Å². The number of nitrogens with two attached hydrogens (primary N) is 1. The van der Waals surface area contributed by atoms with Gasteiger partial charge in [-0.1, -0.05) is 33.0 Å². The van der Waals surface area contributed by atoms with E-state index in [0.717, 1.165) is 0 Å². The summed E-state index contributed by atoms with van der Waals surface area (Å²) in [7, 11) is -3.34. The van der Waals surface area contributed by atoms with Crippen molar-refractivity contribution in [2.75, 3.05) is 10.5 Å². The first-order valence-electron chi connectivity index (χ1n) is 5.49. The minimum Gasteiger partial charge on any atom is -0.389 e. The van der Waals surface area contributed by atoms with E-state index >= 15 is 0 Å². The van der Waals surface area contributed by atoms with E-state index in [0.29, 0.717) is 16.2 Å². The fraction of sp³-hybridized carbons (Fsp3) is 0.417. The Morgan fingerprint density at radius 3 is 2.17 bits per heavy atom. The highest BCUT2D eigenvalue weighted by Crippen LogP contribution is 2.18. The number of rotatable bonds is 4. The molecule has 1 aromatic rings. The van der Waals surface area contributed by atoms with E-state index in [-0.39, 0.29) is 11.2 Å². The molecule has 0 bridgehead atoms. The lowest BCUT2D eigenvalue weighted by molar-refractivity contribution is 0.463. The highest BCUT2D eigenvalue weighted by molar-refractivity contribution is 7.92. The number of hydrogen-bond donors (Lipinski definition) is 2. The molecule has 6 heteroatoms. The molecule has 100 valence electrons. The molecule has 0 fully saturated rings. The zero-order valence-corrected chi connectivity index (χ0v) is 12.4. The molecule has 0 amide bonds. The Morgan fingerprint density at radius 2 is 1.78 bits per heavy atom. The average Bonchev–Trinajstić information content (AvgIpc) is 2.13. The third-order valence-electron chi connectivity index (χ3n) is 2.07. The van der Waals surface area contributed by atoms with Crippen molar-refractivity contribution in [3.63, 3.8) is 0 Å². The molecular weight excluding hydrogens is 268 g/mol. The zero-order valence-electron chi connectivity index (χ0n) is 10.7. The summed E-state index contributed by atoms with van der Waals surface area (Å²) in [6.45, 7) is 5.63. The number of hydrogen-bond acceptors (Lipinski definition) is 3. The molecule has 0 saturated heterocycles. The third kappa shape index (κ3) is 5.01. The Bertz CT molecular complexity index is 528. The SMILES string of the molecule is CC(C)(C)CS(=O)(=O)Nc1ccc(C(N)=S)cc1. The first-order valence-corrected chi connectivity index (χ1v) is 7.55. The van der Waals surface area contributed by atoms with Crippen molar-refractivity contribution in [1.29, 1.82) is 0 Å². The van der Waals surface area contributed by atoms with Gasteiger partial charge >= 0.3 is 0 Å². The molecule has 0 heterocycles. The van der Waals surface area contributed by atoms with Gasteiger partial charge in [-0.25, -0.2) is 8.42 Å². The molecule has 0 saturated carbocycles. The van der Waals surface area contributed by atoms with E-state index in [1.54, 1.807) is 24.3 Å². The maximum atomic E-state index is 11.9. The molecule has 0 aliphatic carbocycles. The topological polar surface area (TPSA) is 72.2 Å². The van der Waals surface area contributed by atoms with Gasteiger partial charge in [0.15, 0.2) is 0 Å². The van der Waals surface area contributed by atoms with Gasteiger partial charge in [0.1, 0.15) is 4.99 Å². The second-order valence-electron chi connectivity index (χ2n) is 5.36. The minimum atomic E-state index is -3.34. The van der Waals surface area contributed by atoms with Crippen LogP contribution in [0.25, 0.3) is 0 Å². The van der Waals surface area contributed by atoms with Gasteiger partial charge in [0.05, 0.1) is 5.75 Å². The summed E-state index contributed by atoms with van der Waals surface area (Å²) in [5, 5.41) is 0. The number of benzene rings is 1. The summed E-state index contributed by atoms with van der Waals surface area (Å²) in [5.74, 6) is 0.0665. The summed E-state index contributed by atoms with van der Waals surface area (Å²) in [5.41, 5.74) is 6.41. The van der Waals surface area contributed by atoms with E-state index < -0.39 is 10.0 Å². The predicted molar refractivity (Wildman–Crippen MR) is 79.2 cm³/mol. The monoisotopic (exact) mass is 286 g/mol. The highest BCUT2D eigenvalue weighted by atomic mass is 32.2. The number of anilines is 1. The van der Waals surface area contributed by atoms with E-state index in [1.807, 2.05) is 20.8 Å². The fourth-order valence-corrected chi connectivity index (χ4v) is 3.33. The lowest BCUT2D eigenvalue weighted by Crippen LogP contribution is -2.26. The van der Waals surface area contributed by atoms with Crippen LogP contribution < -0.4 is 10.5 Å². The van der Waals surface area contributed by atoms with Gasteiger partial charge in [0, 0.05) is 11.3 Å². The minimum absolute atomic E-state index is 0.0665. The molecule has 0 unspecified atom stereocenters. The second kappa shape index (κ2) is 5.24. The number of nitrogens with one attached hydrogen (secondary N) is 1. The summed E-state index contributed by atoms with van der Waals surface area (Å²) < 4.78 is 26.3. The first kappa shape index (κ1) is 14.9. The van der Waals surface area contributed by atoms with Crippen LogP contribution in [0.2, 0.25) is 0 Å². The van der Waals surface area contributed by atoms with Crippen molar-refractivity contribution in [2.45, 2.75) is 20.8 Å². The molecule has 3 N–H and O–H groups in total. The van der Waals surface area contributed by atoms with Crippen molar-refractivity contribution in [1.82, 2.24) is 0 Å². The summed E-state index contributed by atoms with van der Waals surface area (Å²) in [6.07, 6.45) is 0. The van der Waals surface area contributed by atoms with Gasteiger partial charge in [0.25, 0.3) is 0 Å². The van der Waals surface area contributed by atoms with Crippen molar-refractivity contribution in [3.05, 3.63) is 29.8 Å². The van der Waals surface area contributed by atoms with Crippen molar-refractivity contribution in [2.24, 2.45) is 11.1 Å². The lowest BCUT2D eigenvalue weighted by Gasteiger charge is -2.18. The van der Waals surface area contributed by atoms with Gasteiger partial charge in [-0.2, -0.15) is 0 Å². The first-order chi connectivity index (χ1) is 8.09. The molecule has 1 rings (SSSR count). The van der Waals surface area contributed by atoms with Crippen LogP contribution in [-0.4, -0.2) is 19.2 Å². The van der Waals surface area contributed by atoms with Gasteiger partial charge < -0.3 is 5.73 Å². The molecule has 0 spiro atoms. The van der Waals surface area contributed by atoms with Crippen LogP contribution in [-0.2, 0) is 10.0 Å². The van der Waals surface area contributed by atoms with E-state index in [1.165, 1.54) is 0 Å². The largest absolute Gasteiger partial charge is 0.389 e. The van der Waals surface area contributed by atoms with E-state index in [4.69, 9.17) is 18.0 Å². The van der Waals surface area contributed by atoms with Crippen LogP contribution in [0, 0.1) is 5.41 Å². The zero-order chi connectivity index (χ0) is 14.0. The Morgan fingerprint density at radius 1 is 1.28 bits per heavy atom. The fourth-order valence-electron chi connectivity index (χ4n) is 1.49. The van der Waals surface area contributed by atoms with Crippen LogP contribution in [0.1, 0.15) is 26.3 Å². The quantitative estimate of drug-likeness (QED) is 0.832. The highest BCUT2D eigenvalue weighted by Gasteiger charge is 2.21. The maximum absolute atomic E-state index is 11.9. The molecule has 0 aliphatic heterocycles. The van der Waals surface area contributed by atoms with Crippen LogP contribution in [0.3, 0.4) is 0 Å². The van der Waals surface area contributed by atoms with Gasteiger partial charge in [-0.05, 0) is 29.7 Å². The molecular formula is C12H18N2O2S2. The molecule has 0 radical (unpaired) electrons. The lowest BCUT2D eigenvalue weighted by atomic mass is 10.0. The van der Waals surface area contributed by atoms with E-state index in [2.05, 4.69) is 4.72 Å². The number of sulfonamides is 1. The van der Waals surface area contributed by atoms with Crippen LogP contribution >= 0.6 is 12.2 Å². The van der Waals surface area contributed by atoms with Gasteiger partial charge in [-0.15, -0.1) is 0 Å². The summed E-state index contributed by atoms with van der Waals surface area (Å²) >= 11 is 4.83. The Balaban J connectivity index is 2.82. The molecule has 0 aliphatic rings. The maximum Gasteiger partial charge on any atom is 0.233 e. The molecule has 0 atom stereocenters. The smallest absolute Gasteiger partial charge is 0.233 e. The molecule has 1 aromatic carbocycles. The Kier molecular flexibility index (Phi) is 4.34. The Hall–Kier alpha value is -1.14. The predicted octanol–water partition coefficient (Wildman–Crippen LogP) is 2.11. The van der Waals surface area contributed by atoms with Crippen LogP contribution in [0.5, 0.6) is 0 Å². The second-order valence-corrected chi connectivity index (χ2v) is 7.53. The third-order valence-corrected chi connectivity index (χ3v) is 4.09. The molecule has 18 heavy (non-hydrogen) atoms. The van der Waals surface area contributed by atoms with E-state index in [9.17, 15) is 8.42 Å². The molecule has 0 aromatic heterocycles. The molecule has 4 nitrogen and oxygen atoms in total. The Labute approximate surface area is 114 Å². The summed E-state index contributed by atoms with van der Waals surface area (Å²) in [6, 6.07) is 6.68. The van der Waals surface area contributed by atoms with Gasteiger partial charge in [0.2, 0.25) is 10.0 Å². The number of thiocarbonyl (C=S) groups is 1. The van der Waals surface area contributed by atoms with Crippen molar-refractivity contribution < 1.29 is 8.42 Å². The standard InChI is InChI=1S/C12H18N2O2S2/c1-12(2,3)8-18(15,16)14-10-6-4-9(5-7-10)11(13)17/h4-7,14H,8H2,1-3H3,(H2,13,17). The normalized spacial score (nSPS) is 12.2. The van der Waals surface area contributed by atoms with Crippen LogP contribution in [0.4, 0.5) is 5.69 Å².